The van der Waals surface area contributed by atoms with E-state index in [9.17, 15) is 8.42 Å². The van der Waals surface area contributed by atoms with Crippen molar-refractivity contribution in [2.45, 2.75) is 15.0 Å². The van der Waals surface area contributed by atoms with Crippen LogP contribution in [0.25, 0.3) is 0 Å². The van der Waals surface area contributed by atoms with E-state index in [0.29, 0.717) is 16.5 Å². The van der Waals surface area contributed by atoms with Crippen LogP contribution in [-0.4, -0.2) is 21.2 Å². The Morgan fingerprint density at radius 2 is 1.76 bits per heavy atom. The summed E-state index contributed by atoms with van der Waals surface area (Å²) in [5, 5.41) is 0.719. The van der Waals surface area contributed by atoms with Gasteiger partial charge in [-0.05, 0) is 35.9 Å². The summed E-state index contributed by atoms with van der Waals surface area (Å²) in [7, 11) is -3.17. The Hall–Kier alpha value is -1.01. The molecular formula is C15H16ClNO2S2. The third-order valence-corrected chi connectivity index (χ3v) is 5.74. The first-order valence-corrected chi connectivity index (χ1v) is 9.48. The predicted molar refractivity (Wildman–Crippen MR) is 88.7 cm³/mol. The van der Waals surface area contributed by atoms with Gasteiger partial charge in [-0.25, -0.2) is 8.42 Å². The lowest BCUT2D eigenvalue weighted by Gasteiger charge is -2.16. The zero-order chi connectivity index (χ0) is 15.5. The minimum Gasteiger partial charge on any atom is -0.329 e. The normalized spacial score (nSPS) is 13.1. The molecule has 0 spiro atoms. The minimum absolute atomic E-state index is 0.0304. The summed E-state index contributed by atoms with van der Waals surface area (Å²) in [4.78, 5) is 1.27. The van der Waals surface area contributed by atoms with Crippen LogP contribution in [0.15, 0.2) is 58.3 Å². The summed E-state index contributed by atoms with van der Waals surface area (Å²) in [5.41, 5.74) is 6.83. The highest BCUT2D eigenvalue weighted by molar-refractivity contribution is 7.99. The number of thioether (sulfide) groups is 1. The fraction of sp³-hybridized carbons (Fsp3) is 0.200. The van der Waals surface area contributed by atoms with Gasteiger partial charge < -0.3 is 5.73 Å². The van der Waals surface area contributed by atoms with Crippen LogP contribution in [0.4, 0.5) is 0 Å². The maximum absolute atomic E-state index is 11.4. The van der Waals surface area contributed by atoms with Crippen LogP contribution >= 0.6 is 23.4 Å². The van der Waals surface area contributed by atoms with Crippen LogP contribution in [0.2, 0.25) is 5.02 Å². The van der Waals surface area contributed by atoms with E-state index >= 15 is 0 Å². The molecule has 2 N–H and O–H groups in total. The SMILES string of the molecule is CS(=O)(=O)c1ccc(SC(CN)c2ccccc2Cl)cc1. The van der Waals surface area contributed by atoms with Crippen LogP contribution in [-0.2, 0) is 9.84 Å². The van der Waals surface area contributed by atoms with E-state index in [2.05, 4.69) is 0 Å². The Balaban J connectivity index is 2.22. The zero-order valence-corrected chi connectivity index (χ0v) is 13.9. The molecule has 2 aromatic carbocycles. The molecule has 0 aliphatic heterocycles. The number of benzene rings is 2. The second kappa shape index (κ2) is 6.83. The lowest BCUT2D eigenvalue weighted by atomic mass is 10.1. The molecule has 6 heteroatoms. The van der Waals surface area contributed by atoms with Crippen molar-refractivity contribution < 1.29 is 8.42 Å². The molecule has 21 heavy (non-hydrogen) atoms. The molecule has 0 saturated carbocycles. The van der Waals surface area contributed by atoms with Crippen molar-refractivity contribution in [1.29, 1.82) is 0 Å². The van der Waals surface area contributed by atoms with Gasteiger partial charge in [0.25, 0.3) is 0 Å². The van der Waals surface area contributed by atoms with Gasteiger partial charge in [-0.2, -0.15) is 0 Å². The minimum atomic E-state index is -3.17. The number of nitrogens with two attached hydrogens (primary N) is 1. The molecule has 112 valence electrons. The van der Waals surface area contributed by atoms with Crippen molar-refractivity contribution >= 4 is 33.2 Å². The van der Waals surface area contributed by atoms with E-state index in [0.717, 1.165) is 10.5 Å². The van der Waals surface area contributed by atoms with Crippen molar-refractivity contribution in [3.05, 3.63) is 59.1 Å². The standard InChI is InChI=1S/C15H16ClNO2S2/c1-21(18,19)12-8-6-11(7-9-12)20-15(10-17)13-4-2-3-5-14(13)16/h2-9,15H,10,17H2,1H3. The monoisotopic (exact) mass is 341 g/mol. The number of hydrogen-bond acceptors (Lipinski definition) is 4. The third-order valence-electron chi connectivity index (χ3n) is 3.00. The van der Waals surface area contributed by atoms with Gasteiger partial charge in [0.1, 0.15) is 0 Å². The first-order chi connectivity index (χ1) is 9.91. The second-order valence-corrected chi connectivity index (χ2v) is 8.31. The zero-order valence-electron chi connectivity index (χ0n) is 11.5. The van der Waals surface area contributed by atoms with Crippen LogP contribution < -0.4 is 5.73 Å². The van der Waals surface area contributed by atoms with Crippen molar-refractivity contribution in [2.24, 2.45) is 5.73 Å². The highest BCUT2D eigenvalue weighted by Gasteiger charge is 2.15. The van der Waals surface area contributed by atoms with E-state index in [1.165, 1.54) is 6.26 Å². The van der Waals surface area contributed by atoms with Gasteiger partial charge in [0, 0.05) is 28.0 Å². The molecule has 0 fully saturated rings. The summed E-state index contributed by atoms with van der Waals surface area (Å²) in [6.07, 6.45) is 1.20. The van der Waals surface area contributed by atoms with Crippen LogP contribution in [0.3, 0.4) is 0 Å². The first-order valence-electron chi connectivity index (χ1n) is 6.33. The fourth-order valence-corrected chi connectivity index (χ4v) is 3.92. The van der Waals surface area contributed by atoms with Gasteiger partial charge in [-0.1, -0.05) is 29.8 Å². The molecule has 3 nitrogen and oxygen atoms in total. The van der Waals surface area contributed by atoms with Gasteiger partial charge in [0.2, 0.25) is 0 Å². The van der Waals surface area contributed by atoms with Crippen molar-refractivity contribution in [1.82, 2.24) is 0 Å². The van der Waals surface area contributed by atoms with Gasteiger partial charge in [0.15, 0.2) is 9.84 Å². The molecule has 1 unspecified atom stereocenters. The van der Waals surface area contributed by atoms with Gasteiger partial charge >= 0.3 is 0 Å². The Labute approximate surface area is 134 Å². The quantitative estimate of drug-likeness (QED) is 0.845. The van der Waals surface area contributed by atoms with E-state index in [-0.39, 0.29) is 5.25 Å². The molecule has 0 radical (unpaired) electrons. The molecular weight excluding hydrogens is 326 g/mol. The molecule has 0 aromatic heterocycles. The van der Waals surface area contributed by atoms with Crippen molar-refractivity contribution in [3.63, 3.8) is 0 Å². The van der Waals surface area contributed by atoms with E-state index in [1.54, 1.807) is 36.0 Å². The van der Waals surface area contributed by atoms with Gasteiger partial charge in [0.05, 0.1) is 4.90 Å². The van der Waals surface area contributed by atoms with Crippen molar-refractivity contribution in [3.8, 4) is 0 Å². The second-order valence-electron chi connectivity index (χ2n) is 4.61. The average Bonchev–Trinajstić information content (AvgIpc) is 2.45. The summed E-state index contributed by atoms with van der Waals surface area (Å²) in [6, 6.07) is 14.4. The number of sulfone groups is 1. The highest BCUT2D eigenvalue weighted by Crippen LogP contribution is 2.37. The van der Waals surface area contributed by atoms with E-state index in [1.807, 2.05) is 24.3 Å². The van der Waals surface area contributed by atoms with Crippen LogP contribution in [0, 0.1) is 0 Å². The van der Waals surface area contributed by atoms with E-state index in [4.69, 9.17) is 17.3 Å². The Bertz CT molecular complexity index is 715. The van der Waals surface area contributed by atoms with E-state index < -0.39 is 9.84 Å². The lowest BCUT2D eigenvalue weighted by Crippen LogP contribution is -2.09. The summed E-state index contributed by atoms with van der Waals surface area (Å²) in [6.45, 7) is 0.447. The number of halogens is 1. The molecule has 0 aliphatic rings. The first kappa shape index (κ1) is 16.4. The molecule has 2 rings (SSSR count). The molecule has 1 atom stereocenters. The highest BCUT2D eigenvalue weighted by atomic mass is 35.5. The largest absolute Gasteiger partial charge is 0.329 e. The topological polar surface area (TPSA) is 60.2 Å². The number of hydrogen-bond donors (Lipinski definition) is 1. The van der Waals surface area contributed by atoms with Crippen LogP contribution in [0.1, 0.15) is 10.8 Å². The molecule has 2 aromatic rings. The Morgan fingerprint density at radius 1 is 1.14 bits per heavy atom. The molecule has 0 amide bonds. The summed E-state index contributed by atoms with van der Waals surface area (Å²) < 4.78 is 22.9. The smallest absolute Gasteiger partial charge is 0.175 e. The number of rotatable bonds is 5. The Kier molecular flexibility index (Phi) is 5.32. The van der Waals surface area contributed by atoms with Crippen LogP contribution in [0.5, 0.6) is 0 Å². The fourth-order valence-electron chi connectivity index (χ4n) is 1.90. The maximum Gasteiger partial charge on any atom is 0.175 e. The van der Waals surface area contributed by atoms with Gasteiger partial charge in [-0.3, -0.25) is 0 Å². The lowest BCUT2D eigenvalue weighted by molar-refractivity contribution is 0.602. The summed E-state index contributed by atoms with van der Waals surface area (Å²) >= 11 is 7.77. The molecule has 0 aliphatic carbocycles. The predicted octanol–water partition coefficient (Wildman–Crippen LogP) is 3.54. The maximum atomic E-state index is 11.4. The molecule has 0 bridgehead atoms. The molecule has 0 heterocycles. The third kappa shape index (κ3) is 4.23. The van der Waals surface area contributed by atoms with Gasteiger partial charge in [-0.15, -0.1) is 11.8 Å². The average molecular weight is 342 g/mol. The summed E-state index contributed by atoms with van der Waals surface area (Å²) in [5.74, 6) is 0. The molecule has 0 saturated heterocycles. The van der Waals surface area contributed by atoms with Crippen molar-refractivity contribution in [2.75, 3.05) is 12.8 Å². The Morgan fingerprint density at radius 3 is 2.29 bits per heavy atom.